The molecule has 1 rings (SSSR count). The van der Waals surface area contributed by atoms with Gasteiger partial charge in [0.2, 0.25) is 10.5 Å². The van der Waals surface area contributed by atoms with Crippen LogP contribution in [0.5, 0.6) is 0 Å². The van der Waals surface area contributed by atoms with Crippen molar-refractivity contribution >= 4 is 45.4 Å². The fourth-order valence-electron chi connectivity index (χ4n) is 0.971. The Labute approximate surface area is 78.6 Å². The minimum absolute atomic E-state index is 0.232. The minimum atomic E-state index is -0.379. The number of thioether (sulfide) groups is 1. The summed E-state index contributed by atoms with van der Waals surface area (Å²) in [6, 6.07) is 0. The van der Waals surface area contributed by atoms with E-state index < -0.39 is 0 Å². The zero-order chi connectivity index (χ0) is 8.43. The van der Waals surface area contributed by atoms with E-state index in [4.69, 9.17) is 23.2 Å². The Balaban J connectivity index is 2.47. The van der Waals surface area contributed by atoms with Gasteiger partial charge in [-0.2, -0.15) is 0 Å². The second-order valence-electron chi connectivity index (χ2n) is 2.30. The van der Waals surface area contributed by atoms with Crippen molar-refractivity contribution in [3.63, 3.8) is 0 Å². The molecule has 1 heterocycles. The Morgan fingerprint density at radius 3 is 1.64 bits per heavy atom. The maximum absolute atomic E-state index is 10.6. The molecule has 1 fully saturated rings. The van der Waals surface area contributed by atoms with E-state index in [1.165, 1.54) is 11.8 Å². The van der Waals surface area contributed by atoms with Gasteiger partial charge in [0.15, 0.2) is 0 Å². The summed E-state index contributed by atoms with van der Waals surface area (Å²) < 4.78 is 0. The molecule has 1 aliphatic rings. The molecule has 0 saturated carbocycles. The summed E-state index contributed by atoms with van der Waals surface area (Å²) in [5, 5.41) is -1.22. The molecule has 0 aromatic carbocycles. The Kier molecular flexibility index (Phi) is 3.22. The van der Waals surface area contributed by atoms with E-state index in [0.29, 0.717) is 12.8 Å². The van der Waals surface area contributed by atoms with Gasteiger partial charge >= 0.3 is 0 Å². The third-order valence-corrected chi connectivity index (χ3v) is 3.87. The van der Waals surface area contributed by atoms with Gasteiger partial charge in [0.25, 0.3) is 0 Å². The van der Waals surface area contributed by atoms with E-state index in [2.05, 4.69) is 0 Å². The van der Waals surface area contributed by atoms with Crippen LogP contribution in [0, 0.1) is 0 Å². The molecule has 62 valence electrons. The maximum atomic E-state index is 10.6. The highest BCUT2D eigenvalue weighted by Crippen LogP contribution is 2.35. The van der Waals surface area contributed by atoms with Gasteiger partial charge in [-0.3, -0.25) is 9.59 Å². The average Bonchev–Trinajstić information content (AvgIpc) is 2.33. The van der Waals surface area contributed by atoms with Crippen LogP contribution in [0.25, 0.3) is 0 Å². The van der Waals surface area contributed by atoms with Crippen LogP contribution in [0.15, 0.2) is 0 Å². The normalized spacial score (nSPS) is 30.4. The summed E-state index contributed by atoms with van der Waals surface area (Å²) in [7, 11) is 0. The molecule has 2 unspecified atom stereocenters. The van der Waals surface area contributed by atoms with Crippen LogP contribution >= 0.6 is 35.0 Å². The van der Waals surface area contributed by atoms with Crippen LogP contribution in [0.4, 0.5) is 0 Å². The molecule has 1 aliphatic heterocycles. The Bertz CT molecular complexity index is 175. The smallest absolute Gasteiger partial charge is 0.234 e. The molecule has 0 spiro atoms. The molecule has 1 saturated heterocycles. The third-order valence-electron chi connectivity index (χ3n) is 1.53. The topological polar surface area (TPSA) is 34.1 Å². The Hall–Kier alpha value is 0.270. The molecule has 0 aromatic heterocycles. The van der Waals surface area contributed by atoms with Gasteiger partial charge in [-0.25, -0.2) is 0 Å². The lowest BCUT2D eigenvalue weighted by Crippen LogP contribution is -2.09. The van der Waals surface area contributed by atoms with E-state index in [1.54, 1.807) is 0 Å². The molecule has 2 nitrogen and oxygen atoms in total. The van der Waals surface area contributed by atoms with Gasteiger partial charge in [0.1, 0.15) is 0 Å². The predicted molar refractivity (Wildman–Crippen MR) is 46.1 cm³/mol. The number of hydrogen-bond acceptors (Lipinski definition) is 3. The van der Waals surface area contributed by atoms with Gasteiger partial charge in [-0.05, 0) is 36.0 Å². The van der Waals surface area contributed by atoms with Crippen LogP contribution in [0.1, 0.15) is 12.8 Å². The molecule has 0 amide bonds. The number of rotatable bonds is 2. The fourth-order valence-corrected chi connectivity index (χ4v) is 2.65. The number of hydrogen-bond donors (Lipinski definition) is 0. The van der Waals surface area contributed by atoms with E-state index in [-0.39, 0.29) is 21.0 Å². The van der Waals surface area contributed by atoms with Gasteiger partial charge in [-0.1, -0.05) is 0 Å². The van der Waals surface area contributed by atoms with Crippen molar-refractivity contribution in [2.45, 2.75) is 23.3 Å². The molecule has 2 atom stereocenters. The monoisotopic (exact) mass is 212 g/mol. The first kappa shape index (κ1) is 9.36. The van der Waals surface area contributed by atoms with Crippen LogP contribution in [0.2, 0.25) is 0 Å². The highest BCUT2D eigenvalue weighted by molar-refractivity contribution is 8.02. The largest absolute Gasteiger partial charge is 0.280 e. The second kappa shape index (κ2) is 3.78. The van der Waals surface area contributed by atoms with Crippen molar-refractivity contribution in [2.75, 3.05) is 0 Å². The SMILES string of the molecule is O=C(Cl)C1CCC(C(=O)Cl)S1. The summed E-state index contributed by atoms with van der Waals surface area (Å²) in [5.41, 5.74) is 0. The zero-order valence-corrected chi connectivity index (χ0v) is 7.88. The lowest BCUT2D eigenvalue weighted by atomic mass is 10.2. The van der Waals surface area contributed by atoms with Gasteiger partial charge < -0.3 is 0 Å². The highest BCUT2D eigenvalue weighted by Gasteiger charge is 2.32. The third kappa shape index (κ3) is 2.36. The molecule has 11 heavy (non-hydrogen) atoms. The first-order valence-electron chi connectivity index (χ1n) is 3.15. The highest BCUT2D eigenvalue weighted by atomic mass is 35.5. The van der Waals surface area contributed by atoms with Gasteiger partial charge in [0, 0.05) is 0 Å². The summed E-state index contributed by atoms with van der Waals surface area (Å²) >= 11 is 11.7. The standard InChI is InChI=1S/C6H6Cl2O2S/c7-5(9)3-1-2-4(11-3)6(8)10/h3-4H,1-2H2. The van der Waals surface area contributed by atoms with E-state index >= 15 is 0 Å². The first-order valence-corrected chi connectivity index (χ1v) is 4.85. The Morgan fingerprint density at radius 1 is 1.09 bits per heavy atom. The van der Waals surface area contributed by atoms with Gasteiger partial charge in [0.05, 0.1) is 10.5 Å². The summed E-state index contributed by atoms with van der Waals surface area (Å²) in [6.45, 7) is 0. The first-order chi connectivity index (χ1) is 5.11. The molecule has 0 aromatic rings. The summed E-state index contributed by atoms with van der Waals surface area (Å²) in [5.74, 6) is 0. The summed E-state index contributed by atoms with van der Waals surface area (Å²) in [4.78, 5) is 21.2. The zero-order valence-electron chi connectivity index (χ0n) is 5.55. The molecule has 0 radical (unpaired) electrons. The lowest BCUT2D eigenvalue weighted by molar-refractivity contribution is -0.112. The Morgan fingerprint density at radius 2 is 1.45 bits per heavy atom. The fraction of sp³-hybridized carbons (Fsp3) is 0.667. The quantitative estimate of drug-likeness (QED) is 0.655. The lowest BCUT2D eigenvalue weighted by Gasteiger charge is -2.01. The second-order valence-corrected chi connectivity index (χ2v) is 4.45. The van der Waals surface area contributed by atoms with Gasteiger partial charge in [-0.15, -0.1) is 11.8 Å². The molecule has 0 bridgehead atoms. The van der Waals surface area contributed by atoms with Crippen molar-refractivity contribution in [3.05, 3.63) is 0 Å². The number of halogens is 2. The van der Waals surface area contributed by atoms with Crippen molar-refractivity contribution in [2.24, 2.45) is 0 Å². The average molecular weight is 213 g/mol. The van der Waals surface area contributed by atoms with E-state index in [1.807, 2.05) is 0 Å². The molecule has 5 heteroatoms. The van der Waals surface area contributed by atoms with Crippen molar-refractivity contribution in [1.82, 2.24) is 0 Å². The molecule has 0 N–H and O–H groups in total. The van der Waals surface area contributed by atoms with Crippen LogP contribution in [-0.2, 0) is 9.59 Å². The number of carbonyl (C=O) groups is 2. The minimum Gasteiger partial charge on any atom is -0.280 e. The molecular weight excluding hydrogens is 207 g/mol. The van der Waals surface area contributed by atoms with Crippen molar-refractivity contribution < 1.29 is 9.59 Å². The summed E-state index contributed by atoms with van der Waals surface area (Å²) in [6.07, 6.45) is 1.33. The predicted octanol–water partition coefficient (Wildman–Crippen LogP) is 1.78. The van der Waals surface area contributed by atoms with Crippen molar-refractivity contribution in [3.8, 4) is 0 Å². The molecular formula is C6H6Cl2O2S. The molecule has 0 aliphatic carbocycles. The number of carbonyl (C=O) groups excluding carboxylic acids is 2. The van der Waals surface area contributed by atoms with Crippen molar-refractivity contribution in [1.29, 1.82) is 0 Å². The van der Waals surface area contributed by atoms with E-state index in [9.17, 15) is 9.59 Å². The van der Waals surface area contributed by atoms with Crippen LogP contribution in [-0.4, -0.2) is 21.0 Å². The van der Waals surface area contributed by atoms with Crippen LogP contribution < -0.4 is 0 Å². The van der Waals surface area contributed by atoms with E-state index in [0.717, 1.165) is 0 Å². The maximum Gasteiger partial charge on any atom is 0.234 e. The van der Waals surface area contributed by atoms with Crippen LogP contribution in [0.3, 0.4) is 0 Å².